The first-order valence-corrected chi connectivity index (χ1v) is 9.11. The van der Waals surface area contributed by atoms with Crippen molar-refractivity contribution < 1.29 is 0 Å². The maximum Gasteiger partial charge on any atom is 0.0976 e. The van der Waals surface area contributed by atoms with Gasteiger partial charge in [-0.1, -0.05) is 31.0 Å². The Balaban J connectivity index is 2.08. The molecule has 0 amide bonds. The lowest BCUT2D eigenvalue weighted by Crippen LogP contribution is -2.20. The molecule has 1 aromatic carbocycles. The summed E-state index contributed by atoms with van der Waals surface area (Å²) in [7, 11) is 0. The summed E-state index contributed by atoms with van der Waals surface area (Å²) >= 11 is 6.57. The third-order valence-corrected chi connectivity index (χ3v) is 5.10. The molecule has 126 valence electrons. The largest absolute Gasteiger partial charge is 0.258 e. The third-order valence-electron chi connectivity index (χ3n) is 4.79. The molecule has 0 bridgehead atoms. The highest BCUT2D eigenvalue weighted by Crippen LogP contribution is 2.46. The molecule has 0 spiro atoms. The van der Waals surface area contributed by atoms with Crippen LogP contribution < -0.4 is 0 Å². The summed E-state index contributed by atoms with van der Waals surface area (Å²) in [6, 6.07) is 6.07. The number of pyridine rings is 1. The molecular weight excluding hydrogens is 316 g/mol. The molecule has 1 aliphatic rings. The van der Waals surface area contributed by atoms with Crippen LogP contribution in [0.3, 0.4) is 0 Å². The Bertz CT molecular complexity index is 792. The molecule has 2 atom stereocenters. The number of fused-ring (bicyclic) bond motifs is 3. The summed E-state index contributed by atoms with van der Waals surface area (Å²) in [6.45, 7) is 10.7. The van der Waals surface area contributed by atoms with Gasteiger partial charge in [-0.05, 0) is 61.8 Å². The summed E-state index contributed by atoms with van der Waals surface area (Å²) in [5, 5.41) is 1.76. The minimum atomic E-state index is 0.439. The maximum atomic E-state index is 6.57. The van der Waals surface area contributed by atoms with Crippen molar-refractivity contribution in [3.63, 3.8) is 0 Å². The molecule has 0 radical (unpaired) electrons. The Hall–Kier alpha value is -1.67. The number of allylic oxidation sites excluding steroid dienone is 1. The van der Waals surface area contributed by atoms with Crippen LogP contribution in [0.1, 0.15) is 51.5 Å². The molecule has 0 saturated heterocycles. The fraction of sp³-hybridized carbons (Fsp3) is 0.429. The molecule has 1 aliphatic heterocycles. The third kappa shape index (κ3) is 3.39. The second kappa shape index (κ2) is 7.06. The second-order valence-electron chi connectivity index (χ2n) is 7.37. The molecule has 2 nitrogen and oxygen atoms in total. The monoisotopic (exact) mass is 340 g/mol. The number of aliphatic imine (C=N–C) groups is 1. The zero-order valence-corrected chi connectivity index (χ0v) is 15.5. The van der Waals surface area contributed by atoms with E-state index < -0.39 is 0 Å². The predicted molar refractivity (Wildman–Crippen MR) is 105 cm³/mol. The van der Waals surface area contributed by atoms with Crippen LogP contribution in [0, 0.1) is 11.8 Å². The number of rotatable bonds is 5. The van der Waals surface area contributed by atoms with Crippen molar-refractivity contribution in [2.24, 2.45) is 16.8 Å². The van der Waals surface area contributed by atoms with E-state index in [1.165, 1.54) is 11.1 Å². The molecular formula is C21H25ClN2. The molecule has 3 rings (SSSR count). The van der Waals surface area contributed by atoms with Gasteiger partial charge in [0, 0.05) is 23.7 Å². The standard InChI is InChI=1S/C21H25ClN2/c1-13(2)7-8-15-12-24-21-18(17(15)10-14(3)4)11-19(22)16-6-5-9-23-20(16)21/h5-6,9,11-12,14-15,17H,1,7-8,10H2,2-4H3. The molecule has 2 heterocycles. The molecule has 2 aromatic rings. The highest BCUT2D eigenvalue weighted by molar-refractivity contribution is 6.36. The molecule has 0 aliphatic carbocycles. The SMILES string of the molecule is C=C(C)CCC1C=Nc2c(cc(Cl)c3cccnc23)C1CC(C)C. The van der Waals surface area contributed by atoms with Gasteiger partial charge in [0.25, 0.3) is 0 Å². The summed E-state index contributed by atoms with van der Waals surface area (Å²) in [5.74, 6) is 1.51. The Kier molecular flexibility index (Phi) is 5.05. The maximum absolute atomic E-state index is 6.57. The van der Waals surface area contributed by atoms with Crippen molar-refractivity contribution in [3.05, 3.63) is 47.1 Å². The first-order valence-electron chi connectivity index (χ1n) is 8.73. The van der Waals surface area contributed by atoms with E-state index in [2.05, 4.69) is 44.6 Å². The number of halogens is 1. The molecule has 0 fully saturated rings. The average molecular weight is 341 g/mol. The first kappa shape index (κ1) is 17.2. The Morgan fingerprint density at radius 2 is 2.17 bits per heavy atom. The van der Waals surface area contributed by atoms with E-state index in [9.17, 15) is 0 Å². The van der Waals surface area contributed by atoms with Gasteiger partial charge in [0.15, 0.2) is 0 Å². The van der Waals surface area contributed by atoms with Gasteiger partial charge in [-0.2, -0.15) is 0 Å². The fourth-order valence-corrected chi connectivity index (χ4v) is 3.90. The van der Waals surface area contributed by atoms with Gasteiger partial charge >= 0.3 is 0 Å². The van der Waals surface area contributed by atoms with Crippen molar-refractivity contribution in [3.8, 4) is 0 Å². The number of hydrogen-bond acceptors (Lipinski definition) is 2. The average Bonchev–Trinajstić information content (AvgIpc) is 2.54. The highest BCUT2D eigenvalue weighted by Gasteiger charge is 2.30. The van der Waals surface area contributed by atoms with Crippen molar-refractivity contribution >= 4 is 34.4 Å². The van der Waals surface area contributed by atoms with Gasteiger partial charge in [0.2, 0.25) is 0 Å². The quantitative estimate of drug-likeness (QED) is 0.555. The Morgan fingerprint density at radius 1 is 1.38 bits per heavy atom. The van der Waals surface area contributed by atoms with Crippen LogP contribution >= 0.6 is 11.6 Å². The van der Waals surface area contributed by atoms with Crippen LogP contribution in [-0.4, -0.2) is 11.2 Å². The van der Waals surface area contributed by atoms with E-state index in [0.717, 1.165) is 40.9 Å². The van der Waals surface area contributed by atoms with Crippen LogP contribution in [0.15, 0.2) is 41.5 Å². The molecule has 3 heteroatoms. The highest BCUT2D eigenvalue weighted by atomic mass is 35.5. The Labute approximate surface area is 149 Å². The minimum Gasteiger partial charge on any atom is -0.258 e. The van der Waals surface area contributed by atoms with E-state index in [-0.39, 0.29) is 0 Å². The van der Waals surface area contributed by atoms with Crippen LogP contribution in [0.4, 0.5) is 5.69 Å². The molecule has 24 heavy (non-hydrogen) atoms. The van der Waals surface area contributed by atoms with Gasteiger partial charge in [0.05, 0.1) is 16.2 Å². The molecule has 2 unspecified atom stereocenters. The summed E-state index contributed by atoms with van der Waals surface area (Å²) in [4.78, 5) is 9.36. The summed E-state index contributed by atoms with van der Waals surface area (Å²) in [6.07, 6.45) is 7.22. The van der Waals surface area contributed by atoms with Gasteiger partial charge in [-0.3, -0.25) is 9.98 Å². The van der Waals surface area contributed by atoms with Gasteiger partial charge in [-0.15, -0.1) is 6.58 Å². The predicted octanol–water partition coefficient (Wildman–Crippen LogP) is 6.71. The van der Waals surface area contributed by atoms with Gasteiger partial charge in [-0.25, -0.2) is 0 Å². The number of aromatic nitrogens is 1. The van der Waals surface area contributed by atoms with Crippen molar-refractivity contribution in [1.29, 1.82) is 0 Å². The van der Waals surface area contributed by atoms with Crippen LogP contribution in [0.2, 0.25) is 5.02 Å². The van der Waals surface area contributed by atoms with Crippen molar-refractivity contribution in [2.75, 3.05) is 0 Å². The van der Waals surface area contributed by atoms with Gasteiger partial charge in [0.1, 0.15) is 0 Å². The van der Waals surface area contributed by atoms with Gasteiger partial charge < -0.3 is 0 Å². The van der Waals surface area contributed by atoms with Crippen LogP contribution in [0.5, 0.6) is 0 Å². The number of nitrogens with zero attached hydrogens (tertiary/aromatic N) is 2. The van der Waals surface area contributed by atoms with E-state index in [4.69, 9.17) is 16.6 Å². The van der Waals surface area contributed by atoms with Crippen molar-refractivity contribution in [2.45, 2.75) is 46.0 Å². The Morgan fingerprint density at radius 3 is 2.88 bits per heavy atom. The van der Waals surface area contributed by atoms with Crippen molar-refractivity contribution in [1.82, 2.24) is 4.98 Å². The molecule has 0 saturated carbocycles. The zero-order valence-electron chi connectivity index (χ0n) is 14.7. The smallest absolute Gasteiger partial charge is 0.0976 e. The normalized spacial score (nSPS) is 19.7. The number of hydrogen-bond donors (Lipinski definition) is 0. The second-order valence-corrected chi connectivity index (χ2v) is 7.78. The lowest BCUT2D eigenvalue weighted by molar-refractivity contribution is 0.416. The molecule has 1 aromatic heterocycles. The van der Waals surface area contributed by atoms with E-state index in [0.29, 0.717) is 17.8 Å². The van der Waals surface area contributed by atoms with E-state index in [1.807, 2.05) is 18.3 Å². The topological polar surface area (TPSA) is 25.2 Å². The van der Waals surface area contributed by atoms with E-state index >= 15 is 0 Å². The minimum absolute atomic E-state index is 0.439. The summed E-state index contributed by atoms with van der Waals surface area (Å²) in [5.41, 5.74) is 4.42. The number of benzene rings is 1. The summed E-state index contributed by atoms with van der Waals surface area (Å²) < 4.78 is 0. The van der Waals surface area contributed by atoms with Crippen LogP contribution in [0.25, 0.3) is 10.9 Å². The zero-order chi connectivity index (χ0) is 17.3. The van der Waals surface area contributed by atoms with E-state index in [1.54, 1.807) is 0 Å². The lowest BCUT2D eigenvalue weighted by atomic mass is 9.76. The molecule has 0 N–H and O–H groups in total. The van der Waals surface area contributed by atoms with Crippen LogP contribution in [-0.2, 0) is 0 Å². The fourth-order valence-electron chi connectivity index (χ4n) is 3.63. The lowest BCUT2D eigenvalue weighted by Gasteiger charge is -2.31. The first-order chi connectivity index (χ1) is 11.5.